The smallest absolute Gasteiger partial charge is 0.416 e. The molecule has 0 amide bonds. The molecule has 1 atom stereocenters. The van der Waals surface area contributed by atoms with Gasteiger partial charge in [0.25, 0.3) is 5.69 Å². The molecule has 0 bridgehead atoms. The summed E-state index contributed by atoms with van der Waals surface area (Å²) in [6.45, 7) is 2.94. The van der Waals surface area contributed by atoms with Crippen LogP contribution in [0.3, 0.4) is 0 Å². The maximum absolute atomic E-state index is 12.9. The number of nitrogens with zero attached hydrogens (tertiary/aromatic N) is 2. The van der Waals surface area contributed by atoms with Crippen molar-refractivity contribution in [1.29, 1.82) is 0 Å². The maximum Gasteiger partial charge on any atom is 0.416 e. The molecule has 0 aliphatic heterocycles. The number of nitro benzene ring substituents is 1. The van der Waals surface area contributed by atoms with Gasteiger partial charge in [-0.25, -0.2) is 0 Å². The summed E-state index contributed by atoms with van der Waals surface area (Å²) in [5.74, 6) is -0.811. The third kappa shape index (κ3) is 3.51. The molecular formula is C17H15F3N2O4. The van der Waals surface area contributed by atoms with Crippen molar-refractivity contribution in [2.24, 2.45) is 0 Å². The van der Waals surface area contributed by atoms with Gasteiger partial charge >= 0.3 is 12.1 Å². The van der Waals surface area contributed by atoms with Crippen LogP contribution in [0.5, 0.6) is 0 Å². The van der Waals surface area contributed by atoms with Gasteiger partial charge in [-0.1, -0.05) is 6.07 Å². The molecule has 0 spiro atoms. The SMILES string of the molecule is CCOC(=O)C(C)(c1ccncc1)c1ccc(C(F)(F)F)cc1[N+](=O)[O-]. The van der Waals surface area contributed by atoms with Crippen LogP contribution in [0.4, 0.5) is 18.9 Å². The highest BCUT2D eigenvalue weighted by molar-refractivity contribution is 5.88. The van der Waals surface area contributed by atoms with Crippen molar-refractivity contribution in [1.82, 2.24) is 4.98 Å². The first-order valence-corrected chi connectivity index (χ1v) is 7.56. The fourth-order valence-electron chi connectivity index (χ4n) is 2.63. The fraction of sp³-hybridized carbons (Fsp3) is 0.294. The second-order valence-electron chi connectivity index (χ2n) is 5.57. The van der Waals surface area contributed by atoms with E-state index in [0.717, 1.165) is 6.07 Å². The highest BCUT2D eigenvalue weighted by Crippen LogP contribution is 2.41. The lowest BCUT2D eigenvalue weighted by atomic mass is 9.75. The largest absolute Gasteiger partial charge is 0.465 e. The standard InChI is InChI=1S/C17H15F3N2O4/c1-3-26-15(23)16(2,11-6-8-21-9-7-11)13-5-4-12(17(18,19)20)10-14(13)22(24)25/h4-10H,3H2,1-2H3. The van der Waals surface area contributed by atoms with Gasteiger partial charge in [0.15, 0.2) is 0 Å². The Bertz CT molecular complexity index is 825. The number of alkyl halides is 3. The van der Waals surface area contributed by atoms with Crippen LogP contribution < -0.4 is 0 Å². The number of hydrogen-bond acceptors (Lipinski definition) is 5. The number of hydrogen-bond donors (Lipinski definition) is 0. The van der Waals surface area contributed by atoms with Crippen molar-refractivity contribution in [3.8, 4) is 0 Å². The minimum Gasteiger partial charge on any atom is -0.465 e. The van der Waals surface area contributed by atoms with E-state index in [0.29, 0.717) is 17.7 Å². The van der Waals surface area contributed by atoms with Crippen LogP contribution in [0.15, 0.2) is 42.7 Å². The average molecular weight is 368 g/mol. The van der Waals surface area contributed by atoms with E-state index < -0.39 is 33.7 Å². The Kier molecular flexibility index (Phi) is 5.29. The molecule has 0 aliphatic rings. The Morgan fingerprint density at radius 1 is 1.19 bits per heavy atom. The summed E-state index contributed by atoms with van der Waals surface area (Å²) in [4.78, 5) is 27.0. The number of halogens is 3. The van der Waals surface area contributed by atoms with Crippen LogP contribution in [0.2, 0.25) is 0 Å². The van der Waals surface area contributed by atoms with Gasteiger partial charge in [-0.05, 0) is 37.6 Å². The number of carbonyl (C=O) groups excluding carboxylic acids is 1. The monoisotopic (exact) mass is 368 g/mol. The zero-order chi connectivity index (χ0) is 19.5. The zero-order valence-electron chi connectivity index (χ0n) is 13.9. The molecule has 138 valence electrons. The molecular weight excluding hydrogens is 353 g/mol. The Labute approximate surface area is 146 Å². The average Bonchev–Trinajstić information content (AvgIpc) is 2.60. The van der Waals surface area contributed by atoms with Gasteiger partial charge < -0.3 is 4.74 Å². The van der Waals surface area contributed by atoms with E-state index in [9.17, 15) is 28.1 Å². The van der Waals surface area contributed by atoms with E-state index in [1.807, 2.05) is 0 Å². The first kappa shape index (κ1) is 19.4. The highest BCUT2D eigenvalue weighted by Gasteiger charge is 2.44. The van der Waals surface area contributed by atoms with Crippen molar-refractivity contribution in [3.05, 3.63) is 69.5 Å². The number of carbonyl (C=O) groups is 1. The van der Waals surface area contributed by atoms with Crippen LogP contribution >= 0.6 is 0 Å². The van der Waals surface area contributed by atoms with E-state index in [1.165, 1.54) is 31.5 Å². The molecule has 0 aliphatic carbocycles. The predicted octanol–water partition coefficient (Wildman–Crippen LogP) is 3.88. The summed E-state index contributed by atoms with van der Waals surface area (Å²) >= 11 is 0. The van der Waals surface area contributed by atoms with Gasteiger partial charge in [0.05, 0.1) is 22.7 Å². The third-order valence-corrected chi connectivity index (χ3v) is 4.00. The van der Waals surface area contributed by atoms with Gasteiger partial charge in [-0.15, -0.1) is 0 Å². The first-order chi connectivity index (χ1) is 12.1. The van der Waals surface area contributed by atoms with E-state index >= 15 is 0 Å². The lowest BCUT2D eigenvalue weighted by Gasteiger charge is -2.28. The summed E-state index contributed by atoms with van der Waals surface area (Å²) in [5.41, 5.74) is -3.54. The summed E-state index contributed by atoms with van der Waals surface area (Å²) < 4.78 is 43.9. The molecule has 6 nitrogen and oxygen atoms in total. The van der Waals surface area contributed by atoms with Crippen molar-refractivity contribution in [3.63, 3.8) is 0 Å². The number of nitro groups is 1. The Morgan fingerprint density at radius 2 is 1.81 bits per heavy atom. The normalized spacial score (nSPS) is 13.7. The zero-order valence-corrected chi connectivity index (χ0v) is 13.9. The third-order valence-electron chi connectivity index (χ3n) is 4.00. The number of benzene rings is 1. The van der Waals surface area contributed by atoms with Gasteiger partial charge in [0, 0.05) is 18.5 Å². The molecule has 1 unspecified atom stereocenters. The number of esters is 1. The van der Waals surface area contributed by atoms with E-state index in [-0.39, 0.29) is 12.2 Å². The van der Waals surface area contributed by atoms with Gasteiger partial charge in [0.1, 0.15) is 5.41 Å². The molecule has 26 heavy (non-hydrogen) atoms. The predicted molar refractivity (Wildman–Crippen MR) is 85.4 cm³/mol. The number of pyridine rings is 1. The molecule has 0 fully saturated rings. The quantitative estimate of drug-likeness (QED) is 0.454. The summed E-state index contributed by atoms with van der Waals surface area (Å²) in [6, 6.07) is 4.99. The molecule has 0 saturated carbocycles. The molecule has 1 aromatic carbocycles. The minimum atomic E-state index is -4.75. The topological polar surface area (TPSA) is 82.3 Å². The minimum absolute atomic E-state index is 0.00788. The molecule has 1 heterocycles. The van der Waals surface area contributed by atoms with E-state index in [4.69, 9.17) is 4.74 Å². The number of ether oxygens (including phenoxy) is 1. The molecule has 0 radical (unpaired) electrons. The lowest BCUT2D eigenvalue weighted by molar-refractivity contribution is -0.386. The summed E-state index contributed by atoms with van der Waals surface area (Å²) in [6.07, 6.45) is -1.99. The number of rotatable bonds is 5. The van der Waals surface area contributed by atoms with Gasteiger partial charge in [-0.3, -0.25) is 19.9 Å². The summed E-state index contributed by atoms with van der Waals surface area (Å²) in [5, 5.41) is 11.4. The molecule has 0 N–H and O–H groups in total. The summed E-state index contributed by atoms with van der Waals surface area (Å²) in [7, 11) is 0. The Hall–Kier alpha value is -2.97. The Balaban J connectivity index is 2.77. The first-order valence-electron chi connectivity index (χ1n) is 7.56. The molecule has 0 saturated heterocycles. The van der Waals surface area contributed by atoms with Gasteiger partial charge in [0.2, 0.25) is 0 Å². The molecule has 2 aromatic rings. The Morgan fingerprint density at radius 3 is 2.31 bits per heavy atom. The molecule has 1 aromatic heterocycles. The van der Waals surface area contributed by atoms with Gasteiger partial charge in [-0.2, -0.15) is 13.2 Å². The van der Waals surface area contributed by atoms with Crippen molar-refractivity contribution < 1.29 is 27.6 Å². The van der Waals surface area contributed by atoms with Crippen molar-refractivity contribution in [2.75, 3.05) is 6.61 Å². The maximum atomic E-state index is 12.9. The van der Waals surface area contributed by atoms with E-state index in [1.54, 1.807) is 6.92 Å². The van der Waals surface area contributed by atoms with Crippen LogP contribution in [0, 0.1) is 10.1 Å². The van der Waals surface area contributed by atoms with Crippen LogP contribution in [-0.2, 0) is 21.1 Å². The molecule has 9 heteroatoms. The lowest BCUT2D eigenvalue weighted by Crippen LogP contribution is -2.36. The molecule has 2 rings (SSSR count). The fourth-order valence-corrected chi connectivity index (χ4v) is 2.63. The highest BCUT2D eigenvalue weighted by atomic mass is 19.4. The van der Waals surface area contributed by atoms with Crippen LogP contribution in [0.25, 0.3) is 0 Å². The van der Waals surface area contributed by atoms with Crippen molar-refractivity contribution in [2.45, 2.75) is 25.4 Å². The number of aromatic nitrogens is 1. The second-order valence-corrected chi connectivity index (χ2v) is 5.57. The second kappa shape index (κ2) is 7.11. The van der Waals surface area contributed by atoms with Crippen molar-refractivity contribution >= 4 is 11.7 Å². The van der Waals surface area contributed by atoms with E-state index in [2.05, 4.69) is 4.98 Å². The van der Waals surface area contributed by atoms with Crippen LogP contribution in [0.1, 0.15) is 30.5 Å². The van der Waals surface area contributed by atoms with Crippen LogP contribution in [-0.4, -0.2) is 22.5 Å².